The Kier molecular flexibility index (Phi) is 3.79. The third-order valence-electron chi connectivity index (χ3n) is 3.41. The Morgan fingerprint density at radius 3 is 2.94 bits per heavy atom. The van der Waals surface area contributed by atoms with Gasteiger partial charge in [0, 0.05) is 12.7 Å². The molecule has 5 nitrogen and oxygen atoms in total. The molecular formula is C13H19N3O2. The van der Waals surface area contributed by atoms with Gasteiger partial charge in [0.1, 0.15) is 5.82 Å². The molecule has 1 aromatic rings. The second-order valence-electron chi connectivity index (χ2n) is 4.86. The van der Waals surface area contributed by atoms with Crippen LogP contribution in [-0.4, -0.2) is 29.6 Å². The molecular weight excluding hydrogens is 230 g/mol. The average molecular weight is 249 g/mol. The molecule has 0 saturated heterocycles. The van der Waals surface area contributed by atoms with Crippen LogP contribution in [0.4, 0.5) is 5.82 Å². The summed E-state index contributed by atoms with van der Waals surface area (Å²) in [5, 5.41) is 3.29. The summed E-state index contributed by atoms with van der Waals surface area (Å²) in [5.41, 5.74) is 0.450. The second kappa shape index (κ2) is 5.33. The number of methoxy groups -OCH3 is 1. The lowest BCUT2D eigenvalue weighted by Crippen LogP contribution is -2.17. The van der Waals surface area contributed by atoms with Gasteiger partial charge in [-0.15, -0.1) is 0 Å². The maximum Gasteiger partial charge on any atom is 0.376 e. The number of carbonyl (C=O) groups excluding carboxylic acids is 1. The Balaban J connectivity index is 1.95. The van der Waals surface area contributed by atoms with Gasteiger partial charge in [0.25, 0.3) is 0 Å². The smallest absolute Gasteiger partial charge is 0.376 e. The summed E-state index contributed by atoms with van der Waals surface area (Å²) < 4.78 is 4.60. The molecule has 1 saturated carbocycles. The molecule has 0 aliphatic heterocycles. The first-order valence-corrected chi connectivity index (χ1v) is 6.34. The number of ether oxygens (including phenoxy) is 1. The van der Waals surface area contributed by atoms with Crippen LogP contribution < -0.4 is 5.32 Å². The van der Waals surface area contributed by atoms with Gasteiger partial charge >= 0.3 is 5.97 Å². The monoisotopic (exact) mass is 249 g/mol. The van der Waals surface area contributed by atoms with Crippen molar-refractivity contribution in [2.75, 3.05) is 19.0 Å². The number of hydrogen-bond donors (Lipinski definition) is 1. The Labute approximate surface area is 107 Å². The van der Waals surface area contributed by atoms with E-state index in [1.165, 1.54) is 32.8 Å². The van der Waals surface area contributed by atoms with Crippen LogP contribution in [0.5, 0.6) is 0 Å². The van der Waals surface area contributed by atoms with E-state index in [4.69, 9.17) is 0 Å². The molecule has 0 spiro atoms. The molecule has 0 aromatic carbocycles. The van der Waals surface area contributed by atoms with Gasteiger partial charge in [-0.3, -0.25) is 0 Å². The SMILES string of the molecule is CCCC1(CNc2ccnc(C(=O)OC)n2)CC1. The first-order valence-electron chi connectivity index (χ1n) is 6.34. The van der Waals surface area contributed by atoms with E-state index in [9.17, 15) is 4.79 Å². The zero-order valence-electron chi connectivity index (χ0n) is 10.9. The van der Waals surface area contributed by atoms with E-state index >= 15 is 0 Å². The quantitative estimate of drug-likeness (QED) is 0.783. The molecule has 0 atom stereocenters. The summed E-state index contributed by atoms with van der Waals surface area (Å²) in [6.07, 6.45) is 6.58. The van der Waals surface area contributed by atoms with Gasteiger partial charge in [0.2, 0.25) is 5.82 Å². The average Bonchev–Trinajstić information content (AvgIpc) is 3.17. The topological polar surface area (TPSA) is 64.1 Å². The van der Waals surface area contributed by atoms with E-state index in [0.29, 0.717) is 11.2 Å². The lowest BCUT2D eigenvalue weighted by atomic mass is 10.0. The molecule has 1 aliphatic rings. The molecule has 0 bridgehead atoms. The lowest BCUT2D eigenvalue weighted by Gasteiger charge is -2.15. The molecule has 1 aromatic heterocycles. The molecule has 0 amide bonds. The van der Waals surface area contributed by atoms with Crippen LogP contribution in [0.25, 0.3) is 0 Å². The first-order chi connectivity index (χ1) is 8.69. The second-order valence-corrected chi connectivity index (χ2v) is 4.86. The molecule has 1 N–H and O–H groups in total. The Bertz CT molecular complexity index is 430. The Hall–Kier alpha value is -1.65. The zero-order valence-corrected chi connectivity index (χ0v) is 10.9. The lowest BCUT2D eigenvalue weighted by molar-refractivity contribution is 0.0587. The number of nitrogens with one attached hydrogen (secondary N) is 1. The fourth-order valence-electron chi connectivity index (χ4n) is 2.15. The van der Waals surface area contributed by atoms with E-state index in [1.807, 2.05) is 0 Å². The fourth-order valence-corrected chi connectivity index (χ4v) is 2.15. The number of rotatable bonds is 6. The fraction of sp³-hybridized carbons (Fsp3) is 0.615. The van der Waals surface area contributed by atoms with Crippen LogP contribution in [0.2, 0.25) is 0 Å². The summed E-state index contributed by atoms with van der Waals surface area (Å²) in [6, 6.07) is 1.77. The van der Waals surface area contributed by atoms with Crippen molar-refractivity contribution in [2.24, 2.45) is 5.41 Å². The van der Waals surface area contributed by atoms with Crippen LogP contribution in [0.15, 0.2) is 12.3 Å². The molecule has 1 aliphatic carbocycles. The zero-order chi connectivity index (χ0) is 13.0. The van der Waals surface area contributed by atoms with Crippen LogP contribution in [0.1, 0.15) is 43.2 Å². The molecule has 98 valence electrons. The molecule has 0 radical (unpaired) electrons. The maximum absolute atomic E-state index is 11.3. The maximum atomic E-state index is 11.3. The van der Waals surface area contributed by atoms with Crippen molar-refractivity contribution < 1.29 is 9.53 Å². The van der Waals surface area contributed by atoms with Crippen LogP contribution >= 0.6 is 0 Å². The third-order valence-corrected chi connectivity index (χ3v) is 3.41. The van der Waals surface area contributed by atoms with E-state index in [-0.39, 0.29) is 5.82 Å². The van der Waals surface area contributed by atoms with Gasteiger partial charge in [0.05, 0.1) is 7.11 Å². The highest BCUT2D eigenvalue weighted by atomic mass is 16.5. The predicted molar refractivity (Wildman–Crippen MR) is 68.4 cm³/mol. The van der Waals surface area contributed by atoms with E-state index in [2.05, 4.69) is 26.9 Å². The normalized spacial score (nSPS) is 16.1. The largest absolute Gasteiger partial charge is 0.463 e. The van der Waals surface area contributed by atoms with Gasteiger partial charge in [-0.2, -0.15) is 0 Å². The van der Waals surface area contributed by atoms with Crippen molar-refractivity contribution in [3.8, 4) is 0 Å². The number of nitrogens with zero attached hydrogens (tertiary/aromatic N) is 2. The number of anilines is 1. The first kappa shape index (κ1) is 12.8. The minimum atomic E-state index is -0.506. The van der Waals surface area contributed by atoms with Crippen molar-refractivity contribution in [1.29, 1.82) is 0 Å². The summed E-state index contributed by atoms with van der Waals surface area (Å²) in [4.78, 5) is 19.3. The van der Waals surface area contributed by atoms with E-state index in [1.54, 1.807) is 12.3 Å². The number of hydrogen-bond acceptors (Lipinski definition) is 5. The molecule has 0 unspecified atom stereocenters. The van der Waals surface area contributed by atoms with Crippen LogP contribution in [-0.2, 0) is 4.74 Å². The summed E-state index contributed by atoms with van der Waals surface area (Å²) >= 11 is 0. The van der Waals surface area contributed by atoms with E-state index in [0.717, 1.165) is 6.54 Å². The standard InChI is InChI=1S/C13H19N3O2/c1-3-5-13(6-7-13)9-15-10-4-8-14-11(16-10)12(17)18-2/h4,8H,3,5-7,9H2,1-2H3,(H,14,15,16). The minimum absolute atomic E-state index is 0.0999. The Morgan fingerprint density at radius 2 is 2.33 bits per heavy atom. The number of carbonyl (C=O) groups is 1. The summed E-state index contributed by atoms with van der Waals surface area (Å²) in [7, 11) is 1.33. The van der Waals surface area contributed by atoms with Gasteiger partial charge < -0.3 is 10.1 Å². The molecule has 18 heavy (non-hydrogen) atoms. The van der Waals surface area contributed by atoms with Crippen molar-refractivity contribution in [2.45, 2.75) is 32.6 Å². The van der Waals surface area contributed by atoms with Gasteiger partial charge in [-0.05, 0) is 30.7 Å². The molecule has 1 heterocycles. The highest BCUT2D eigenvalue weighted by Gasteiger charge is 2.41. The van der Waals surface area contributed by atoms with Crippen molar-refractivity contribution in [1.82, 2.24) is 9.97 Å². The number of esters is 1. The van der Waals surface area contributed by atoms with Crippen molar-refractivity contribution in [3.63, 3.8) is 0 Å². The van der Waals surface area contributed by atoms with Crippen molar-refractivity contribution in [3.05, 3.63) is 18.1 Å². The third kappa shape index (κ3) is 2.97. The summed E-state index contributed by atoms with van der Waals surface area (Å²) in [5.74, 6) is 0.281. The highest BCUT2D eigenvalue weighted by Crippen LogP contribution is 2.49. The minimum Gasteiger partial charge on any atom is -0.463 e. The van der Waals surface area contributed by atoms with Crippen LogP contribution in [0, 0.1) is 5.41 Å². The predicted octanol–water partition coefficient (Wildman–Crippen LogP) is 2.26. The van der Waals surface area contributed by atoms with E-state index < -0.39 is 5.97 Å². The van der Waals surface area contributed by atoms with Gasteiger partial charge in [-0.25, -0.2) is 14.8 Å². The molecule has 1 fully saturated rings. The van der Waals surface area contributed by atoms with Gasteiger partial charge in [-0.1, -0.05) is 13.3 Å². The van der Waals surface area contributed by atoms with Gasteiger partial charge in [0.15, 0.2) is 0 Å². The highest BCUT2D eigenvalue weighted by molar-refractivity contribution is 5.85. The Morgan fingerprint density at radius 1 is 1.56 bits per heavy atom. The van der Waals surface area contributed by atoms with Crippen molar-refractivity contribution >= 4 is 11.8 Å². The summed E-state index contributed by atoms with van der Waals surface area (Å²) in [6.45, 7) is 3.12. The number of aromatic nitrogens is 2. The van der Waals surface area contributed by atoms with Crippen LogP contribution in [0.3, 0.4) is 0 Å². The molecule has 2 rings (SSSR count). The molecule has 5 heteroatoms.